The van der Waals surface area contributed by atoms with Crippen LogP contribution >= 0.6 is 0 Å². The molecule has 1 aliphatic heterocycles. The summed E-state index contributed by atoms with van der Waals surface area (Å²) in [7, 11) is 0. The van der Waals surface area contributed by atoms with Crippen molar-refractivity contribution in [2.75, 3.05) is 6.61 Å². The maximum atomic E-state index is 9.06. The molecule has 0 bridgehead atoms. The molecule has 0 aromatic heterocycles. The van der Waals surface area contributed by atoms with Crippen molar-refractivity contribution in [2.45, 2.75) is 32.2 Å². The first-order chi connectivity index (χ1) is 11.3. The Morgan fingerprint density at radius 1 is 1.04 bits per heavy atom. The summed E-state index contributed by atoms with van der Waals surface area (Å²) in [5.41, 5.74) is 3.11. The lowest BCUT2D eigenvalue weighted by Crippen LogP contribution is -2.24. The molecular weight excluding hydrogens is 288 g/mol. The average molecular weight is 310 g/mol. The molecule has 1 fully saturated rings. The zero-order chi connectivity index (χ0) is 15.9. The van der Waals surface area contributed by atoms with Gasteiger partial charge >= 0.3 is 0 Å². The molecule has 2 aromatic rings. The highest BCUT2D eigenvalue weighted by Gasteiger charge is 2.14. The monoisotopic (exact) mass is 310 g/mol. The maximum Gasteiger partial charge on any atom is 0.199 e. The average Bonchev–Trinajstić information content (AvgIpc) is 2.62. The van der Waals surface area contributed by atoms with Gasteiger partial charge in [-0.25, -0.2) is 0 Å². The minimum Gasteiger partial charge on any atom is -0.465 e. The first kappa shape index (κ1) is 15.8. The van der Waals surface area contributed by atoms with Crippen molar-refractivity contribution in [1.82, 2.24) is 0 Å². The Morgan fingerprint density at radius 2 is 1.87 bits per heavy atom. The number of ether oxygens (including phenoxy) is 2. The molecule has 0 amide bonds. The molecule has 1 N–H and O–H groups in total. The van der Waals surface area contributed by atoms with E-state index in [1.54, 1.807) is 0 Å². The van der Waals surface area contributed by atoms with Gasteiger partial charge in [0.1, 0.15) is 5.75 Å². The maximum absolute atomic E-state index is 9.06. The largest absolute Gasteiger partial charge is 0.465 e. The Bertz CT molecular complexity index is 640. The van der Waals surface area contributed by atoms with Gasteiger partial charge in [-0.2, -0.15) is 0 Å². The lowest BCUT2D eigenvalue weighted by atomic mass is 10.1. The molecular formula is C20H22O3. The molecule has 3 nitrogen and oxygen atoms in total. The van der Waals surface area contributed by atoms with Crippen LogP contribution in [0.1, 0.15) is 36.0 Å². The van der Waals surface area contributed by atoms with E-state index in [0.717, 1.165) is 48.3 Å². The summed E-state index contributed by atoms with van der Waals surface area (Å²) in [6, 6.07) is 15.9. The van der Waals surface area contributed by atoms with E-state index in [1.165, 1.54) is 0 Å². The second-order valence-corrected chi connectivity index (χ2v) is 5.72. The number of hydrogen-bond donors (Lipinski definition) is 1. The van der Waals surface area contributed by atoms with Crippen molar-refractivity contribution in [3.8, 4) is 5.75 Å². The number of rotatable bonds is 5. The summed E-state index contributed by atoms with van der Waals surface area (Å²) in [5, 5.41) is 9.06. The summed E-state index contributed by atoms with van der Waals surface area (Å²) < 4.78 is 11.5. The molecule has 0 saturated carbocycles. The van der Waals surface area contributed by atoms with E-state index >= 15 is 0 Å². The summed E-state index contributed by atoms with van der Waals surface area (Å²) in [5.74, 6) is 0.842. The van der Waals surface area contributed by atoms with Gasteiger partial charge in [-0.3, -0.25) is 0 Å². The van der Waals surface area contributed by atoms with Crippen LogP contribution < -0.4 is 4.74 Å². The van der Waals surface area contributed by atoms with E-state index in [0.29, 0.717) is 0 Å². The van der Waals surface area contributed by atoms with Crippen LogP contribution in [0.25, 0.3) is 12.2 Å². The first-order valence-electron chi connectivity index (χ1n) is 8.10. The van der Waals surface area contributed by atoms with Gasteiger partial charge in [0.15, 0.2) is 6.29 Å². The Kier molecular flexibility index (Phi) is 5.46. The quantitative estimate of drug-likeness (QED) is 0.839. The van der Waals surface area contributed by atoms with Crippen molar-refractivity contribution >= 4 is 12.2 Å². The number of hydrogen-bond acceptors (Lipinski definition) is 3. The fourth-order valence-electron chi connectivity index (χ4n) is 2.57. The highest BCUT2D eigenvalue weighted by atomic mass is 16.7. The standard InChI is InChI=1S/C20H22O3/c21-15-18-11-8-16(9-12-18)7-10-17-4-3-5-19(14-17)23-20-6-1-2-13-22-20/h3-5,7-12,14,20-21H,1-2,6,13,15H2/b10-7+. The molecule has 0 spiro atoms. The van der Waals surface area contributed by atoms with E-state index in [-0.39, 0.29) is 12.9 Å². The Labute approximate surface area is 137 Å². The second-order valence-electron chi connectivity index (χ2n) is 5.72. The van der Waals surface area contributed by atoms with Crippen molar-refractivity contribution in [3.63, 3.8) is 0 Å². The number of aliphatic hydroxyl groups excluding tert-OH is 1. The SMILES string of the molecule is OCc1ccc(/C=C/c2cccc(OC3CCCCO3)c2)cc1. The van der Waals surface area contributed by atoms with Gasteiger partial charge in [0, 0.05) is 6.42 Å². The predicted octanol–water partition coefficient (Wildman–Crippen LogP) is 4.25. The highest BCUT2D eigenvalue weighted by Crippen LogP contribution is 2.21. The van der Waals surface area contributed by atoms with Gasteiger partial charge in [-0.05, 0) is 41.7 Å². The topological polar surface area (TPSA) is 38.7 Å². The molecule has 1 heterocycles. The summed E-state index contributed by atoms with van der Waals surface area (Å²) in [6.45, 7) is 0.862. The van der Waals surface area contributed by atoms with Crippen LogP contribution in [-0.2, 0) is 11.3 Å². The van der Waals surface area contributed by atoms with Gasteiger partial charge in [-0.15, -0.1) is 0 Å². The minimum atomic E-state index is -0.117. The lowest BCUT2D eigenvalue weighted by molar-refractivity contribution is -0.105. The summed E-state index contributed by atoms with van der Waals surface area (Å²) in [4.78, 5) is 0. The van der Waals surface area contributed by atoms with Crippen molar-refractivity contribution < 1.29 is 14.6 Å². The van der Waals surface area contributed by atoms with E-state index in [2.05, 4.69) is 12.2 Å². The third-order valence-corrected chi connectivity index (χ3v) is 3.89. The molecule has 2 aromatic carbocycles. The third-order valence-electron chi connectivity index (χ3n) is 3.89. The zero-order valence-electron chi connectivity index (χ0n) is 13.2. The van der Waals surface area contributed by atoms with Crippen LogP contribution in [-0.4, -0.2) is 18.0 Å². The Balaban J connectivity index is 1.65. The highest BCUT2D eigenvalue weighted by molar-refractivity contribution is 5.70. The van der Waals surface area contributed by atoms with Crippen molar-refractivity contribution in [2.24, 2.45) is 0 Å². The predicted molar refractivity (Wildman–Crippen MR) is 92.0 cm³/mol. The van der Waals surface area contributed by atoms with E-state index in [9.17, 15) is 0 Å². The fraction of sp³-hybridized carbons (Fsp3) is 0.300. The molecule has 0 aliphatic carbocycles. The summed E-state index contributed by atoms with van der Waals surface area (Å²) in [6.07, 6.45) is 7.23. The molecule has 3 heteroatoms. The van der Waals surface area contributed by atoms with Gasteiger partial charge in [0.05, 0.1) is 13.2 Å². The van der Waals surface area contributed by atoms with E-state index in [4.69, 9.17) is 14.6 Å². The van der Waals surface area contributed by atoms with Crippen LogP contribution in [0, 0.1) is 0 Å². The van der Waals surface area contributed by atoms with Crippen LogP contribution in [0.15, 0.2) is 48.5 Å². The lowest BCUT2D eigenvalue weighted by Gasteiger charge is -2.23. The normalized spacial score (nSPS) is 18.2. The molecule has 23 heavy (non-hydrogen) atoms. The van der Waals surface area contributed by atoms with Crippen LogP contribution in [0.3, 0.4) is 0 Å². The van der Waals surface area contributed by atoms with E-state index in [1.807, 2.05) is 48.5 Å². The minimum absolute atomic E-state index is 0.0760. The second kappa shape index (κ2) is 7.95. The van der Waals surface area contributed by atoms with Gasteiger partial charge < -0.3 is 14.6 Å². The third kappa shape index (κ3) is 4.68. The molecule has 120 valence electrons. The molecule has 1 saturated heterocycles. The zero-order valence-corrected chi connectivity index (χ0v) is 13.2. The first-order valence-corrected chi connectivity index (χ1v) is 8.10. The van der Waals surface area contributed by atoms with Crippen LogP contribution in [0.5, 0.6) is 5.75 Å². The Morgan fingerprint density at radius 3 is 2.61 bits per heavy atom. The molecule has 1 unspecified atom stereocenters. The van der Waals surface area contributed by atoms with Gasteiger partial charge in [-0.1, -0.05) is 48.6 Å². The van der Waals surface area contributed by atoms with Crippen LogP contribution in [0.4, 0.5) is 0 Å². The van der Waals surface area contributed by atoms with E-state index < -0.39 is 0 Å². The number of aliphatic hydroxyl groups is 1. The van der Waals surface area contributed by atoms with Crippen molar-refractivity contribution in [3.05, 3.63) is 65.2 Å². The summed E-state index contributed by atoms with van der Waals surface area (Å²) >= 11 is 0. The number of benzene rings is 2. The van der Waals surface area contributed by atoms with Gasteiger partial charge in [0.25, 0.3) is 0 Å². The fourth-order valence-corrected chi connectivity index (χ4v) is 2.57. The molecule has 0 radical (unpaired) electrons. The Hall–Kier alpha value is -2.10. The molecule has 1 atom stereocenters. The molecule has 1 aliphatic rings. The van der Waals surface area contributed by atoms with Gasteiger partial charge in [0.2, 0.25) is 0 Å². The smallest absolute Gasteiger partial charge is 0.199 e. The van der Waals surface area contributed by atoms with Crippen LogP contribution in [0.2, 0.25) is 0 Å². The molecule has 3 rings (SSSR count). The van der Waals surface area contributed by atoms with Crippen molar-refractivity contribution in [1.29, 1.82) is 0 Å².